The van der Waals surface area contributed by atoms with Gasteiger partial charge in [-0.2, -0.15) is 0 Å². The maximum Gasteiger partial charge on any atom is 0.293 e. The van der Waals surface area contributed by atoms with Gasteiger partial charge in [0, 0.05) is 30.6 Å². The third-order valence-corrected chi connectivity index (χ3v) is 3.04. The lowest BCUT2D eigenvalue weighted by Crippen LogP contribution is -2.29. The van der Waals surface area contributed by atoms with Gasteiger partial charge in [-0.05, 0) is 25.0 Å². The fraction of sp³-hybridized carbons (Fsp3) is 0.385. The minimum Gasteiger partial charge on any atom is -0.378 e. The van der Waals surface area contributed by atoms with E-state index in [-0.39, 0.29) is 23.1 Å². The summed E-state index contributed by atoms with van der Waals surface area (Å²) >= 11 is 0. The highest BCUT2D eigenvalue weighted by Crippen LogP contribution is 2.28. The number of benzene rings is 1. The Bertz CT molecular complexity index is 540. The zero-order chi connectivity index (χ0) is 14.5. The van der Waals surface area contributed by atoms with Crippen LogP contribution in [-0.2, 0) is 4.79 Å². The molecule has 0 bridgehead atoms. The summed E-state index contributed by atoms with van der Waals surface area (Å²) in [7, 11) is 0. The summed E-state index contributed by atoms with van der Waals surface area (Å²) in [6.45, 7) is 0.793. The van der Waals surface area contributed by atoms with E-state index in [0.717, 1.165) is 12.8 Å². The highest BCUT2D eigenvalue weighted by Gasteiger charge is 2.29. The van der Waals surface area contributed by atoms with Crippen LogP contribution < -0.4 is 10.6 Å². The molecule has 2 rings (SSSR count). The summed E-state index contributed by atoms with van der Waals surface area (Å²) < 4.78 is 0. The fourth-order valence-electron chi connectivity index (χ4n) is 1.80. The fourth-order valence-corrected chi connectivity index (χ4v) is 1.80. The van der Waals surface area contributed by atoms with Crippen molar-refractivity contribution < 1.29 is 14.5 Å². The topological polar surface area (TPSA) is 101 Å². The van der Waals surface area contributed by atoms with E-state index < -0.39 is 4.92 Å². The maximum absolute atomic E-state index is 11.4. The van der Waals surface area contributed by atoms with Gasteiger partial charge < -0.3 is 10.6 Å². The van der Waals surface area contributed by atoms with Gasteiger partial charge in [0.25, 0.3) is 5.69 Å². The Morgan fingerprint density at radius 3 is 2.75 bits per heavy atom. The Balaban J connectivity index is 1.89. The van der Waals surface area contributed by atoms with Crippen LogP contribution in [0.25, 0.3) is 0 Å². The molecule has 1 saturated carbocycles. The molecular formula is C13H15N3O4. The van der Waals surface area contributed by atoms with Gasteiger partial charge in [-0.25, -0.2) is 0 Å². The van der Waals surface area contributed by atoms with Crippen LogP contribution in [0.3, 0.4) is 0 Å². The molecule has 0 heterocycles. The molecule has 1 fully saturated rings. The Morgan fingerprint density at radius 2 is 2.15 bits per heavy atom. The highest BCUT2D eigenvalue weighted by molar-refractivity contribution is 5.81. The number of carbonyl (C=O) groups excluding carboxylic acids is 2. The quantitative estimate of drug-likeness (QED) is 0.339. The zero-order valence-electron chi connectivity index (χ0n) is 10.8. The molecule has 0 aliphatic heterocycles. The number of amides is 1. The first-order valence-electron chi connectivity index (χ1n) is 6.37. The van der Waals surface area contributed by atoms with Crippen molar-refractivity contribution in [2.75, 3.05) is 18.4 Å². The van der Waals surface area contributed by atoms with Crippen LogP contribution in [0.4, 0.5) is 11.4 Å². The summed E-state index contributed by atoms with van der Waals surface area (Å²) in [5.41, 5.74) is 0.439. The van der Waals surface area contributed by atoms with Gasteiger partial charge in [0.2, 0.25) is 5.91 Å². The normalized spacial score (nSPS) is 13.6. The number of nitro benzene ring substituents is 1. The second-order valence-corrected chi connectivity index (χ2v) is 4.64. The van der Waals surface area contributed by atoms with Crippen molar-refractivity contribution in [2.45, 2.75) is 12.8 Å². The molecule has 1 aromatic carbocycles. The number of rotatable bonds is 7. The molecule has 0 spiro atoms. The van der Waals surface area contributed by atoms with E-state index in [9.17, 15) is 19.7 Å². The van der Waals surface area contributed by atoms with Crippen molar-refractivity contribution in [1.82, 2.24) is 5.32 Å². The Morgan fingerprint density at radius 1 is 1.40 bits per heavy atom. The molecule has 1 aromatic rings. The van der Waals surface area contributed by atoms with Gasteiger partial charge in [0.15, 0.2) is 0 Å². The van der Waals surface area contributed by atoms with Crippen LogP contribution in [0.1, 0.15) is 23.2 Å². The van der Waals surface area contributed by atoms with Crippen molar-refractivity contribution in [3.05, 3.63) is 33.9 Å². The molecule has 0 aromatic heterocycles. The maximum atomic E-state index is 11.4. The summed E-state index contributed by atoms with van der Waals surface area (Å²) in [4.78, 5) is 32.4. The third-order valence-electron chi connectivity index (χ3n) is 3.04. The third kappa shape index (κ3) is 3.53. The average molecular weight is 277 g/mol. The van der Waals surface area contributed by atoms with Crippen molar-refractivity contribution in [2.24, 2.45) is 5.92 Å². The molecule has 0 unspecified atom stereocenters. The molecule has 7 nitrogen and oxygen atoms in total. The summed E-state index contributed by atoms with van der Waals surface area (Å²) in [5.74, 6) is 0.189. The van der Waals surface area contributed by atoms with Crippen LogP contribution in [0.15, 0.2) is 18.2 Å². The van der Waals surface area contributed by atoms with E-state index in [2.05, 4.69) is 10.6 Å². The number of carbonyl (C=O) groups is 2. The van der Waals surface area contributed by atoms with Gasteiger partial charge in [-0.3, -0.25) is 19.7 Å². The van der Waals surface area contributed by atoms with E-state index in [0.29, 0.717) is 25.1 Å². The summed E-state index contributed by atoms with van der Waals surface area (Å²) in [6.07, 6.45) is 2.45. The molecule has 0 saturated heterocycles. The van der Waals surface area contributed by atoms with Crippen molar-refractivity contribution >= 4 is 23.6 Å². The first-order valence-corrected chi connectivity index (χ1v) is 6.37. The average Bonchev–Trinajstić information content (AvgIpc) is 3.27. The molecule has 1 aliphatic rings. The Kier molecular flexibility index (Phi) is 4.29. The lowest BCUT2D eigenvalue weighted by Gasteiger charge is -2.08. The zero-order valence-corrected chi connectivity index (χ0v) is 10.8. The lowest BCUT2D eigenvalue weighted by atomic mass is 10.2. The first-order chi connectivity index (χ1) is 9.61. The molecule has 106 valence electrons. The Hall–Kier alpha value is -2.44. The first kappa shape index (κ1) is 14.0. The van der Waals surface area contributed by atoms with Crippen molar-refractivity contribution in [3.8, 4) is 0 Å². The molecule has 7 heteroatoms. The standard InChI is InChI=1S/C13H15N3O4/c17-8-9-1-4-11(12(7-9)16(19)20)14-5-6-15-13(18)10-2-3-10/h1,4,7-8,10,14H,2-3,5-6H2,(H,15,18). The largest absolute Gasteiger partial charge is 0.378 e. The predicted molar refractivity (Wildman–Crippen MR) is 72.7 cm³/mol. The SMILES string of the molecule is O=Cc1ccc(NCCNC(=O)C2CC2)c([N+](=O)[O-])c1. The van der Waals surface area contributed by atoms with E-state index in [1.165, 1.54) is 18.2 Å². The molecule has 1 aliphatic carbocycles. The minimum absolute atomic E-state index is 0.0394. The number of nitrogens with one attached hydrogen (secondary N) is 2. The van der Waals surface area contributed by atoms with Gasteiger partial charge in [0.05, 0.1) is 4.92 Å². The highest BCUT2D eigenvalue weighted by atomic mass is 16.6. The second-order valence-electron chi connectivity index (χ2n) is 4.64. The molecular weight excluding hydrogens is 262 g/mol. The van der Waals surface area contributed by atoms with E-state index in [1.54, 1.807) is 0 Å². The summed E-state index contributed by atoms with van der Waals surface area (Å²) in [5, 5.41) is 16.6. The van der Waals surface area contributed by atoms with Crippen LogP contribution in [0, 0.1) is 16.0 Å². The molecule has 1 amide bonds. The number of aldehydes is 1. The van der Waals surface area contributed by atoms with Crippen LogP contribution in [0.2, 0.25) is 0 Å². The Labute approximate surface area is 115 Å². The summed E-state index contributed by atoms with van der Waals surface area (Å²) in [6, 6.07) is 4.22. The van der Waals surface area contributed by atoms with Gasteiger partial charge in [-0.1, -0.05) is 0 Å². The van der Waals surface area contributed by atoms with Gasteiger partial charge >= 0.3 is 0 Å². The van der Waals surface area contributed by atoms with Crippen molar-refractivity contribution in [1.29, 1.82) is 0 Å². The number of nitrogens with zero attached hydrogens (tertiary/aromatic N) is 1. The monoisotopic (exact) mass is 277 g/mol. The van der Waals surface area contributed by atoms with E-state index in [1.807, 2.05) is 0 Å². The minimum atomic E-state index is -0.544. The number of hydrogen-bond donors (Lipinski definition) is 2. The van der Waals surface area contributed by atoms with Crippen LogP contribution >= 0.6 is 0 Å². The van der Waals surface area contributed by atoms with Gasteiger partial charge in [0.1, 0.15) is 12.0 Å². The molecule has 20 heavy (non-hydrogen) atoms. The molecule has 0 atom stereocenters. The number of anilines is 1. The number of hydrogen-bond acceptors (Lipinski definition) is 5. The smallest absolute Gasteiger partial charge is 0.293 e. The molecule has 0 radical (unpaired) electrons. The lowest BCUT2D eigenvalue weighted by molar-refractivity contribution is -0.384. The number of nitro groups is 1. The van der Waals surface area contributed by atoms with E-state index in [4.69, 9.17) is 0 Å². The van der Waals surface area contributed by atoms with E-state index >= 15 is 0 Å². The second kappa shape index (κ2) is 6.14. The van der Waals surface area contributed by atoms with Crippen molar-refractivity contribution in [3.63, 3.8) is 0 Å². The van der Waals surface area contributed by atoms with Crippen LogP contribution in [0.5, 0.6) is 0 Å². The van der Waals surface area contributed by atoms with Gasteiger partial charge in [-0.15, -0.1) is 0 Å². The predicted octanol–water partition coefficient (Wildman–Crippen LogP) is 1.35. The molecule has 2 N–H and O–H groups in total. The van der Waals surface area contributed by atoms with Crippen LogP contribution in [-0.4, -0.2) is 30.2 Å².